The number of likely N-dealkylation sites (tertiary alicyclic amines) is 1. The fourth-order valence-corrected chi connectivity index (χ4v) is 5.79. The number of hydrogen-bond acceptors (Lipinski definition) is 4. The number of pyridine rings is 1. The number of para-hydroxylation sites is 1. The summed E-state index contributed by atoms with van der Waals surface area (Å²) in [4.78, 5) is 23.0. The maximum atomic E-state index is 13.6. The topological polar surface area (TPSA) is 56.7 Å². The molecular formula is C24H31N3O2. The molecule has 2 aliphatic heterocycles. The predicted octanol–water partition coefficient (Wildman–Crippen LogP) is 3.67. The molecule has 3 aliphatic rings. The van der Waals surface area contributed by atoms with Gasteiger partial charge >= 0.3 is 0 Å². The van der Waals surface area contributed by atoms with Crippen molar-refractivity contribution in [2.45, 2.75) is 64.0 Å². The van der Waals surface area contributed by atoms with Crippen molar-refractivity contribution in [3.05, 3.63) is 35.9 Å². The summed E-state index contributed by atoms with van der Waals surface area (Å²) in [5.74, 6) is 1.39. The summed E-state index contributed by atoms with van der Waals surface area (Å²) in [6.07, 6.45) is 6.34. The van der Waals surface area contributed by atoms with E-state index in [4.69, 9.17) is 4.98 Å². The number of fused-ring (bicyclic) bond motifs is 1. The van der Waals surface area contributed by atoms with Crippen molar-refractivity contribution in [1.29, 1.82) is 0 Å². The summed E-state index contributed by atoms with van der Waals surface area (Å²) in [5.41, 5.74) is 1.95. The Morgan fingerprint density at radius 3 is 2.72 bits per heavy atom. The molecule has 5 nitrogen and oxygen atoms in total. The molecule has 2 aromatic rings. The quantitative estimate of drug-likeness (QED) is 0.846. The number of piperidine rings is 1. The Morgan fingerprint density at radius 2 is 1.90 bits per heavy atom. The second kappa shape index (κ2) is 7.28. The average Bonchev–Trinajstić information content (AvgIpc) is 3.04. The van der Waals surface area contributed by atoms with Gasteiger partial charge in [0.2, 0.25) is 5.91 Å². The highest BCUT2D eigenvalue weighted by molar-refractivity contribution is 5.86. The van der Waals surface area contributed by atoms with E-state index in [1.165, 1.54) is 10.9 Å². The number of carbonyl (C=O) groups excluding carboxylic acids is 1. The molecule has 5 rings (SSSR count). The number of aliphatic hydroxyl groups is 1. The maximum Gasteiger partial charge on any atom is 0.230 e. The Balaban J connectivity index is 1.38. The molecule has 1 saturated carbocycles. The van der Waals surface area contributed by atoms with E-state index in [9.17, 15) is 9.90 Å². The fraction of sp³-hybridized carbons (Fsp3) is 0.583. The maximum absolute atomic E-state index is 13.6. The zero-order valence-corrected chi connectivity index (χ0v) is 17.3. The van der Waals surface area contributed by atoms with Crippen LogP contribution in [-0.2, 0) is 4.79 Å². The van der Waals surface area contributed by atoms with Crippen LogP contribution in [0.3, 0.4) is 0 Å². The molecule has 0 unspecified atom stereocenters. The molecule has 0 bridgehead atoms. The molecule has 5 heteroatoms. The summed E-state index contributed by atoms with van der Waals surface area (Å²) in [6, 6.07) is 10.8. The van der Waals surface area contributed by atoms with Crippen LogP contribution in [0.25, 0.3) is 10.9 Å². The number of anilines is 1. The first-order valence-corrected chi connectivity index (χ1v) is 11.2. The van der Waals surface area contributed by atoms with E-state index in [0.717, 1.165) is 75.9 Å². The van der Waals surface area contributed by atoms with Crippen LogP contribution in [-0.4, -0.2) is 52.7 Å². The highest BCUT2D eigenvalue weighted by Gasteiger charge is 2.50. The number of carbonyl (C=O) groups is 1. The van der Waals surface area contributed by atoms with Gasteiger partial charge in [0, 0.05) is 31.1 Å². The van der Waals surface area contributed by atoms with E-state index >= 15 is 0 Å². The second-order valence-corrected chi connectivity index (χ2v) is 9.34. The van der Waals surface area contributed by atoms with E-state index < -0.39 is 0 Å². The Hall–Kier alpha value is -2.14. The molecule has 154 valence electrons. The number of amides is 1. The van der Waals surface area contributed by atoms with Gasteiger partial charge in [-0.3, -0.25) is 4.79 Å². The Labute approximate surface area is 172 Å². The molecule has 1 spiro atoms. The van der Waals surface area contributed by atoms with Crippen molar-refractivity contribution >= 4 is 22.6 Å². The lowest BCUT2D eigenvalue weighted by molar-refractivity contribution is -0.139. The molecular weight excluding hydrogens is 362 g/mol. The minimum absolute atomic E-state index is 0.176. The molecule has 29 heavy (non-hydrogen) atoms. The molecule has 2 saturated heterocycles. The second-order valence-electron chi connectivity index (χ2n) is 9.34. The van der Waals surface area contributed by atoms with Crippen molar-refractivity contribution in [1.82, 2.24) is 9.88 Å². The third kappa shape index (κ3) is 3.29. The Bertz CT molecular complexity index is 921. The van der Waals surface area contributed by atoms with Gasteiger partial charge < -0.3 is 14.9 Å². The standard InChI is InChI=1S/C24H31N3O2/c1-17-15-18-5-2-3-6-21(18)25-22(17)26-13-4-11-24(16-26)12-14-27(23(24)29)19-7-9-20(28)10-8-19/h2-3,5-6,15,19-20,28H,4,7-14,16H2,1H3/t19?,20?,24-/m1/s1. The van der Waals surface area contributed by atoms with Gasteiger partial charge in [-0.1, -0.05) is 18.2 Å². The first kappa shape index (κ1) is 18.9. The number of aromatic nitrogens is 1. The number of aliphatic hydroxyl groups excluding tert-OH is 1. The normalized spacial score (nSPS) is 30.5. The van der Waals surface area contributed by atoms with Gasteiger partial charge in [0.15, 0.2) is 0 Å². The van der Waals surface area contributed by atoms with Crippen LogP contribution in [0.15, 0.2) is 30.3 Å². The van der Waals surface area contributed by atoms with Crippen LogP contribution in [0.4, 0.5) is 5.82 Å². The van der Waals surface area contributed by atoms with E-state index in [2.05, 4.69) is 41.0 Å². The summed E-state index contributed by atoms with van der Waals surface area (Å²) in [5, 5.41) is 11.0. The lowest BCUT2D eigenvalue weighted by Gasteiger charge is -2.41. The summed E-state index contributed by atoms with van der Waals surface area (Å²) < 4.78 is 0. The van der Waals surface area contributed by atoms with Crippen LogP contribution in [0.1, 0.15) is 50.5 Å². The van der Waals surface area contributed by atoms with Crippen molar-refractivity contribution in [3.8, 4) is 0 Å². The largest absolute Gasteiger partial charge is 0.393 e. The smallest absolute Gasteiger partial charge is 0.230 e. The lowest BCUT2D eigenvalue weighted by atomic mass is 9.78. The number of nitrogens with zero attached hydrogens (tertiary/aromatic N) is 3. The highest BCUT2D eigenvalue weighted by Crippen LogP contribution is 2.43. The van der Waals surface area contributed by atoms with Gasteiger partial charge in [-0.25, -0.2) is 4.98 Å². The molecule has 1 aliphatic carbocycles. The van der Waals surface area contributed by atoms with Crippen LogP contribution < -0.4 is 4.90 Å². The van der Waals surface area contributed by atoms with Gasteiger partial charge in [0.1, 0.15) is 5.82 Å². The van der Waals surface area contributed by atoms with Gasteiger partial charge in [-0.2, -0.15) is 0 Å². The molecule has 1 N–H and O–H groups in total. The first-order chi connectivity index (χ1) is 14.1. The summed E-state index contributed by atoms with van der Waals surface area (Å²) in [7, 11) is 0. The number of benzene rings is 1. The zero-order valence-electron chi connectivity index (χ0n) is 17.3. The van der Waals surface area contributed by atoms with E-state index in [1.807, 2.05) is 6.07 Å². The summed E-state index contributed by atoms with van der Waals surface area (Å²) >= 11 is 0. The number of aryl methyl sites for hydroxylation is 1. The molecule has 1 atom stereocenters. The molecule has 1 aromatic heterocycles. The monoisotopic (exact) mass is 393 g/mol. The molecule has 3 fully saturated rings. The highest BCUT2D eigenvalue weighted by atomic mass is 16.3. The van der Waals surface area contributed by atoms with Crippen LogP contribution in [0.2, 0.25) is 0 Å². The predicted molar refractivity (Wildman–Crippen MR) is 115 cm³/mol. The minimum atomic E-state index is -0.256. The molecule has 3 heterocycles. The van der Waals surface area contributed by atoms with E-state index in [1.54, 1.807) is 0 Å². The van der Waals surface area contributed by atoms with Crippen LogP contribution in [0.5, 0.6) is 0 Å². The number of rotatable bonds is 2. The van der Waals surface area contributed by atoms with Gasteiger partial charge in [-0.15, -0.1) is 0 Å². The van der Waals surface area contributed by atoms with Gasteiger partial charge in [-0.05, 0) is 69.6 Å². The van der Waals surface area contributed by atoms with Crippen molar-refractivity contribution < 1.29 is 9.90 Å². The third-order valence-corrected chi connectivity index (χ3v) is 7.42. The third-order valence-electron chi connectivity index (χ3n) is 7.42. The number of hydrogen-bond donors (Lipinski definition) is 1. The molecule has 1 aromatic carbocycles. The van der Waals surface area contributed by atoms with Crippen molar-refractivity contribution in [2.24, 2.45) is 5.41 Å². The van der Waals surface area contributed by atoms with Crippen molar-refractivity contribution in [3.63, 3.8) is 0 Å². The Kier molecular flexibility index (Phi) is 4.73. The molecule has 1 amide bonds. The van der Waals surface area contributed by atoms with Gasteiger partial charge in [0.05, 0.1) is 17.0 Å². The average molecular weight is 394 g/mol. The van der Waals surface area contributed by atoms with E-state index in [-0.39, 0.29) is 11.5 Å². The first-order valence-electron chi connectivity index (χ1n) is 11.2. The van der Waals surface area contributed by atoms with Gasteiger partial charge in [0.25, 0.3) is 0 Å². The zero-order chi connectivity index (χ0) is 20.0. The lowest BCUT2D eigenvalue weighted by Crippen LogP contribution is -2.50. The van der Waals surface area contributed by atoms with Crippen LogP contribution >= 0.6 is 0 Å². The SMILES string of the molecule is Cc1cc2ccccc2nc1N1CCC[C@@]2(CCN(C3CCC(O)CC3)C2=O)C1. The minimum Gasteiger partial charge on any atom is -0.393 e. The molecule has 0 radical (unpaired) electrons. The summed E-state index contributed by atoms with van der Waals surface area (Å²) in [6.45, 7) is 4.75. The Morgan fingerprint density at radius 1 is 1.10 bits per heavy atom. The fourth-order valence-electron chi connectivity index (χ4n) is 5.79. The van der Waals surface area contributed by atoms with Crippen molar-refractivity contribution in [2.75, 3.05) is 24.5 Å². The van der Waals surface area contributed by atoms with E-state index in [0.29, 0.717) is 11.9 Å². The van der Waals surface area contributed by atoms with Crippen LogP contribution in [0, 0.1) is 12.3 Å².